The van der Waals surface area contributed by atoms with Crippen LogP contribution in [0.3, 0.4) is 0 Å². The molecule has 7 nitrogen and oxygen atoms in total. The van der Waals surface area contributed by atoms with Crippen LogP contribution in [0.4, 0.5) is 0 Å². The van der Waals surface area contributed by atoms with E-state index < -0.39 is 36.8 Å². The maximum absolute atomic E-state index is 10.7. The first-order valence-corrected chi connectivity index (χ1v) is 9.65. The molecule has 2 heterocycles. The molecule has 2 aliphatic heterocycles. The number of ether oxygens (including phenoxy) is 2. The highest BCUT2D eigenvalue weighted by Gasteiger charge is 2.58. The summed E-state index contributed by atoms with van der Waals surface area (Å²) in [5.74, 6) is -1.59. The zero-order valence-corrected chi connectivity index (χ0v) is 16.3. The summed E-state index contributed by atoms with van der Waals surface area (Å²) in [7, 11) is 0. The van der Waals surface area contributed by atoms with Gasteiger partial charge in [-0.1, -0.05) is 43.3 Å². The predicted molar refractivity (Wildman–Crippen MR) is 105 cm³/mol. The van der Waals surface area contributed by atoms with Crippen molar-refractivity contribution < 1.29 is 35.4 Å². The topological polar surface area (TPSA) is 131 Å². The maximum Gasteiger partial charge on any atom is 0.225 e. The molecule has 0 saturated carbocycles. The lowest BCUT2D eigenvalue weighted by atomic mass is 9.86. The fourth-order valence-electron chi connectivity index (χ4n) is 4.06. The van der Waals surface area contributed by atoms with Crippen LogP contribution < -0.4 is 0 Å². The van der Waals surface area contributed by atoms with Gasteiger partial charge in [-0.05, 0) is 41.2 Å². The number of aliphatic hydroxyl groups excluding tert-OH is 4. The maximum atomic E-state index is 10.7. The Bertz CT molecular complexity index is 836. The molecule has 1 spiro atoms. The van der Waals surface area contributed by atoms with E-state index in [0.717, 1.165) is 17.5 Å². The molecule has 0 aliphatic carbocycles. The van der Waals surface area contributed by atoms with Gasteiger partial charge in [0.15, 0.2) is 0 Å². The Morgan fingerprint density at radius 2 is 1.62 bits per heavy atom. The molecule has 7 heteroatoms. The van der Waals surface area contributed by atoms with Gasteiger partial charge in [0, 0.05) is 5.56 Å². The normalized spacial score (nSPS) is 30.8. The van der Waals surface area contributed by atoms with E-state index in [1.54, 1.807) is 0 Å². The van der Waals surface area contributed by atoms with Crippen molar-refractivity contribution in [2.24, 2.45) is 0 Å². The summed E-state index contributed by atoms with van der Waals surface area (Å²) in [5, 5.41) is 40.5. The Balaban J connectivity index is 0.00000240. The third-order valence-corrected chi connectivity index (χ3v) is 5.78. The standard InChI is InChI=1S/C22H26O6.H2O/c1-2-13-3-5-14(6-4-13)9-15-7-8-16-12-27-22(17(16)10-15)21(26)20(25)19(24)18(11-23)28-22;/h3-8,10,18-21,23-26H,2,9,11-12H2,1H3;1H2/t18-,19-,20+,21-,22-;/m1./s1. The van der Waals surface area contributed by atoms with Crippen molar-refractivity contribution in [3.05, 3.63) is 70.3 Å². The van der Waals surface area contributed by atoms with Gasteiger partial charge in [-0.3, -0.25) is 0 Å². The Morgan fingerprint density at radius 3 is 2.28 bits per heavy atom. The molecule has 0 unspecified atom stereocenters. The second-order valence-electron chi connectivity index (χ2n) is 7.56. The van der Waals surface area contributed by atoms with Crippen LogP contribution in [0.2, 0.25) is 0 Å². The molecule has 158 valence electrons. The van der Waals surface area contributed by atoms with Crippen molar-refractivity contribution in [2.75, 3.05) is 6.61 Å². The lowest BCUT2D eigenvalue weighted by molar-refractivity contribution is -0.368. The minimum Gasteiger partial charge on any atom is -0.412 e. The summed E-state index contributed by atoms with van der Waals surface area (Å²) in [6.45, 7) is 1.85. The summed E-state index contributed by atoms with van der Waals surface area (Å²) >= 11 is 0. The van der Waals surface area contributed by atoms with E-state index in [-0.39, 0.29) is 12.1 Å². The summed E-state index contributed by atoms with van der Waals surface area (Å²) in [5.41, 5.74) is 4.95. The first-order valence-electron chi connectivity index (χ1n) is 9.65. The lowest BCUT2D eigenvalue weighted by Crippen LogP contribution is -2.63. The average Bonchev–Trinajstić information content (AvgIpc) is 3.08. The molecule has 2 aromatic rings. The van der Waals surface area contributed by atoms with Crippen LogP contribution in [0.5, 0.6) is 0 Å². The second kappa shape index (κ2) is 8.49. The van der Waals surface area contributed by atoms with Gasteiger partial charge < -0.3 is 35.4 Å². The van der Waals surface area contributed by atoms with Gasteiger partial charge in [-0.2, -0.15) is 0 Å². The van der Waals surface area contributed by atoms with Crippen LogP contribution in [0, 0.1) is 0 Å². The van der Waals surface area contributed by atoms with Gasteiger partial charge >= 0.3 is 0 Å². The van der Waals surface area contributed by atoms with E-state index in [1.807, 2.05) is 18.2 Å². The van der Waals surface area contributed by atoms with E-state index in [4.69, 9.17) is 9.47 Å². The molecular weight excluding hydrogens is 376 g/mol. The minimum atomic E-state index is -1.59. The Kier molecular flexibility index (Phi) is 6.40. The fraction of sp³-hybridized carbons (Fsp3) is 0.455. The van der Waals surface area contributed by atoms with Gasteiger partial charge in [0.05, 0.1) is 13.2 Å². The van der Waals surface area contributed by atoms with Gasteiger partial charge in [-0.15, -0.1) is 0 Å². The molecule has 0 bridgehead atoms. The number of hydrogen-bond donors (Lipinski definition) is 4. The van der Waals surface area contributed by atoms with Crippen LogP contribution in [0.15, 0.2) is 42.5 Å². The Labute approximate surface area is 169 Å². The molecule has 0 amide bonds. The molecule has 29 heavy (non-hydrogen) atoms. The molecule has 2 aliphatic rings. The Hall–Kier alpha value is -1.84. The third kappa shape index (κ3) is 3.71. The number of rotatable bonds is 4. The smallest absolute Gasteiger partial charge is 0.225 e. The zero-order valence-electron chi connectivity index (χ0n) is 16.3. The Morgan fingerprint density at radius 1 is 0.966 bits per heavy atom. The molecule has 1 saturated heterocycles. The number of aryl methyl sites for hydroxylation is 1. The monoisotopic (exact) mass is 404 g/mol. The van der Waals surface area contributed by atoms with Crippen molar-refractivity contribution in [3.8, 4) is 0 Å². The van der Waals surface area contributed by atoms with E-state index >= 15 is 0 Å². The van der Waals surface area contributed by atoms with E-state index in [0.29, 0.717) is 12.0 Å². The SMILES string of the molecule is CCc1ccc(Cc2ccc3c(c2)[C@@]2(OC3)O[C@H](CO)[C@@H](O)[C@H](O)[C@H]2O)cc1.O. The van der Waals surface area contributed by atoms with Crippen LogP contribution >= 0.6 is 0 Å². The number of fused-ring (bicyclic) bond motifs is 2. The number of aliphatic hydroxyl groups is 4. The molecule has 4 rings (SSSR count). The highest BCUT2D eigenvalue weighted by molar-refractivity contribution is 5.41. The van der Waals surface area contributed by atoms with Crippen LogP contribution in [-0.2, 0) is 34.7 Å². The molecule has 5 atom stereocenters. The van der Waals surface area contributed by atoms with Gasteiger partial charge in [0.25, 0.3) is 0 Å². The fourth-order valence-corrected chi connectivity index (χ4v) is 4.06. The van der Waals surface area contributed by atoms with Crippen LogP contribution in [0.1, 0.15) is 34.7 Å². The lowest BCUT2D eigenvalue weighted by Gasteiger charge is -2.46. The molecule has 0 aromatic heterocycles. The van der Waals surface area contributed by atoms with Crippen LogP contribution in [-0.4, -0.2) is 56.9 Å². The van der Waals surface area contributed by atoms with Crippen molar-refractivity contribution in [1.29, 1.82) is 0 Å². The van der Waals surface area contributed by atoms with Gasteiger partial charge in [-0.25, -0.2) is 0 Å². The molecule has 2 aromatic carbocycles. The van der Waals surface area contributed by atoms with Gasteiger partial charge in [0.1, 0.15) is 24.4 Å². The van der Waals surface area contributed by atoms with Gasteiger partial charge in [0.2, 0.25) is 5.79 Å². The van der Waals surface area contributed by atoms with E-state index in [1.165, 1.54) is 11.1 Å². The minimum absolute atomic E-state index is 0. The van der Waals surface area contributed by atoms with Crippen molar-refractivity contribution in [1.82, 2.24) is 0 Å². The quantitative estimate of drug-likeness (QED) is 0.575. The van der Waals surface area contributed by atoms with Crippen molar-refractivity contribution in [2.45, 2.75) is 56.6 Å². The second-order valence-corrected chi connectivity index (χ2v) is 7.56. The molecule has 6 N–H and O–H groups in total. The number of benzene rings is 2. The van der Waals surface area contributed by atoms with Crippen LogP contribution in [0.25, 0.3) is 0 Å². The van der Waals surface area contributed by atoms with E-state index in [9.17, 15) is 20.4 Å². The summed E-state index contributed by atoms with van der Waals surface area (Å²) < 4.78 is 11.6. The van der Waals surface area contributed by atoms with Crippen molar-refractivity contribution >= 4 is 0 Å². The third-order valence-electron chi connectivity index (χ3n) is 5.78. The van der Waals surface area contributed by atoms with E-state index in [2.05, 4.69) is 31.2 Å². The predicted octanol–water partition coefficient (Wildman–Crippen LogP) is 0.172. The zero-order chi connectivity index (χ0) is 19.9. The molecule has 0 radical (unpaired) electrons. The molecular formula is C22H28O7. The summed E-state index contributed by atoms with van der Waals surface area (Å²) in [4.78, 5) is 0. The number of hydrogen-bond acceptors (Lipinski definition) is 6. The molecule has 1 fully saturated rings. The summed E-state index contributed by atoms with van der Waals surface area (Å²) in [6, 6.07) is 14.3. The van der Waals surface area contributed by atoms with Crippen molar-refractivity contribution in [3.63, 3.8) is 0 Å². The first-order chi connectivity index (χ1) is 13.5. The highest BCUT2D eigenvalue weighted by atomic mass is 16.7. The first kappa shape index (κ1) is 21.9. The highest BCUT2D eigenvalue weighted by Crippen LogP contribution is 2.46. The average molecular weight is 404 g/mol. The summed E-state index contributed by atoms with van der Waals surface area (Å²) in [6.07, 6.45) is -3.69. The largest absolute Gasteiger partial charge is 0.412 e.